The SMILES string of the molecule is CC(C)(C)c1ccnc(-c2cc(Oc3cc(-c4ccccc4)cc(-c4cc(C(C)(C)C)ccn4)c3)cc(-c3ccccc3)c2)c1. The van der Waals surface area contributed by atoms with Gasteiger partial charge >= 0.3 is 0 Å². The largest absolute Gasteiger partial charge is 0.457 e. The number of hydrogen-bond acceptors (Lipinski definition) is 3. The summed E-state index contributed by atoms with van der Waals surface area (Å²) in [5.41, 5.74) is 10.8. The molecular formula is C42H40N2O. The van der Waals surface area contributed by atoms with Crippen LogP contribution in [0.5, 0.6) is 11.5 Å². The van der Waals surface area contributed by atoms with Crippen molar-refractivity contribution in [2.75, 3.05) is 0 Å². The summed E-state index contributed by atoms with van der Waals surface area (Å²) in [4.78, 5) is 9.56. The van der Waals surface area contributed by atoms with E-state index in [4.69, 9.17) is 14.7 Å². The third-order valence-corrected chi connectivity index (χ3v) is 8.11. The quantitative estimate of drug-likeness (QED) is 0.194. The summed E-state index contributed by atoms with van der Waals surface area (Å²) < 4.78 is 6.77. The Morgan fingerprint density at radius 1 is 0.400 bits per heavy atom. The molecule has 3 heteroatoms. The van der Waals surface area contributed by atoms with Crippen LogP contribution in [0.2, 0.25) is 0 Å². The Kier molecular flexibility index (Phi) is 8.12. The van der Waals surface area contributed by atoms with Crippen molar-refractivity contribution in [3.05, 3.63) is 145 Å². The van der Waals surface area contributed by atoms with E-state index in [0.717, 1.165) is 56.3 Å². The summed E-state index contributed by atoms with van der Waals surface area (Å²) in [7, 11) is 0. The minimum atomic E-state index is 0.0146. The van der Waals surface area contributed by atoms with Gasteiger partial charge in [0, 0.05) is 23.5 Å². The fourth-order valence-electron chi connectivity index (χ4n) is 5.45. The van der Waals surface area contributed by atoms with Gasteiger partial charge in [-0.05, 0) is 105 Å². The second-order valence-corrected chi connectivity index (χ2v) is 13.7. The van der Waals surface area contributed by atoms with Crippen molar-refractivity contribution in [3.8, 4) is 56.3 Å². The average Bonchev–Trinajstić information content (AvgIpc) is 3.04. The summed E-state index contributed by atoms with van der Waals surface area (Å²) in [5, 5.41) is 0. The first kappa shape index (κ1) is 30.0. The molecule has 0 amide bonds. The summed E-state index contributed by atoms with van der Waals surface area (Å²) in [6.07, 6.45) is 3.81. The van der Waals surface area contributed by atoms with Gasteiger partial charge in [0.05, 0.1) is 11.4 Å². The molecule has 0 aliphatic rings. The average molecular weight is 589 g/mol. The Morgan fingerprint density at radius 3 is 1.16 bits per heavy atom. The zero-order valence-corrected chi connectivity index (χ0v) is 27.0. The number of rotatable bonds is 6. The molecule has 4 aromatic carbocycles. The van der Waals surface area contributed by atoms with Crippen LogP contribution in [0.1, 0.15) is 52.7 Å². The first-order chi connectivity index (χ1) is 21.5. The van der Waals surface area contributed by atoms with Crippen molar-refractivity contribution in [1.29, 1.82) is 0 Å². The van der Waals surface area contributed by atoms with Crippen molar-refractivity contribution in [2.24, 2.45) is 0 Å². The van der Waals surface area contributed by atoms with Crippen LogP contribution in [-0.2, 0) is 10.8 Å². The predicted molar refractivity (Wildman–Crippen MR) is 188 cm³/mol. The Bertz CT molecular complexity index is 1790. The maximum Gasteiger partial charge on any atom is 0.128 e. The molecule has 0 fully saturated rings. The zero-order valence-electron chi connectivity index (χ0n) is 27.0. The van der Waals surface area contributed by atoms with E-state index in [9.17, 15) is 0 Å². The third-order valence-electron chi connectivity index (χ3n) is 8.11. The van der Waals surface area contributed by atoms with Gasteiger partial charge in [0.1, 0.15) is 11.5 Å². The topological polar surface area (TPSA) is 35.0 Å². The molecule has 0 radical (unpaired) electrons. The van der Waals surface area contributed by atoms with E-state index in [1.165, 1.54) is 11.1 Å². The summed E-state index contributed by atoms with van der Waals surface area (Å²) in [6, 6.07) is 42.2. The Hall–Kier alpha value is -5.02. The summed E-state index contributed by atoms with van der Waals surface area (Å²) >= 11 is 0. The molecule has 0 aliphatic heterocycles. The molecule has 45 heavy (non-hydrogen) atoms. The lowest BCUT2D eigenvalue weighted by molar-refractivity contribution is 0.483. The minimum absolute atomic E-state index is 0.0146. The molecule has 6 aromatic rings. The molecule has 6 rings (SSSR count). The monoisotopic (exact) mass is 588 g/mol. The van der Waals surface area contributed by atoms with Crippen LogP contribution >= 0.6 is 0 Å². The van der Waals surface area contributed by atoms with Gasteiger partial charge in [-0.15, -0.1) is 0 Å². The Balaban J connectivity index is 1.48. The van der Waals surface area contributed by atoms with Crippen molar-refractivity contribution >= 4 is 0 Å². The molecule has 0 saturated carbocycles. The van der Waals surface area contributed by atoms with Crippen LogP contribution in [0.4, 0.5) is 0 Å². The van der Waals surface area contributed by atoms with E-state index >= 15 is 0 Å². The Morgan fingerprint density at radius 2 is 0.778 bits per heavy atom. The van der Waals surface area contributed by atoms with Crippen molar-refractivity contribution in [2.45, 2.75) is 52.4 Å². The number of benzene rings is 4. The molecular weight excluding hydrogens is 548 g/mol. The normalized spacial score (nSPS) is 11.8. The molecule has 3 nitrogen and oxygen atoms in total. The van der Waals surface area contributed by atoms with Crippen LogP contribution in [0, 0.1) is 0 Å². The number of ether oxygens (including phenoxy) is 1. The van der Waals surface area contributed by atoms with Crippen LogP contribution < -0.4 is 4.74 Å². The van der Waals surface area contributed by atoms with Gasteiger partial charge in [-0.2, -0.15) is 0 Å². The van der Waals surface area contributed by atoms with Gasteiger partial charge in [-0.1, -0.05) is 102 Å². The zero-order chi connectivity index (χ0) is 31.6. The maximum absolute atomic E-state index is 6.77. The van der Waals surface area contributed by atoms with Crippen LogP contribution in [0.15, 0.2) is 134 Å². The highest BCUT2D eigenvalue weighted by molar-refractivity contribution is 5.76. The highest BCUT2D eigenvalue weighted by Crippen LogP contribution is 2.38. The number of nitrogens with zero attached hydrogens (tertiary/aromatic N) is 2. The first-order valence-electron chi connectivity index (χ1n) is 15.6. The van der Waals surface area contributed by atoms with Gasteiger partial charge in [-0.25, -0.2) is 0 Å². The minimum Gasteiger partial charge on any atom is -0.457 e. The molecule has 2 heterocycles. The molecule has 2 aromatic heterocycles. The van der Waals surface area contributed by atoms with E-state index in [1.54, 1.807) is 0 Å². The lowest BCUT2D eigenvalue weighted by atomic mass is 9.87. The Labute approximate surface area is 267 Å². The van der Waals surface area contributed by atoms with Crippen molar-refractivity contribution < 1.29 is 4.74 Å². The number of hydrogen-bond donors (Lipinski definition) is 0. The molecule has 0 bridgehead atoms. The van der Waals surface area contributed by atoms with Crippen LogP contribution in [0.25, 0.3) is 44.8 Å². The predicted octanol–water partition coefficient (Wildman–Crippen LogP) is 11.5. The third kappa shape index (κ3) is 7.05. The summed E-state index contributed by atoms with van der Waals surface area (Å²) in [6.45, 7) is 13.4. The van der Waals surface area contributed by atoms with Crippen molar-refractivity contribution in [1.82, 2.24) is 9.97 Å². The van der Waals surface area contributed by atoms with E-state index in [0.29, 0.717) is 0 Å². The summed E-state index contributed by atoms with van der Waals surface area (Å²) in [5.74, 6) is 1.50. The molecule has 0 N–H and O–H groups in total. The van der Waals surface area contributed by atoms with Crippen molar-refractivity contribution in [3.63, 3.8) is 0 Å². The molecule has 0 spiro atoms. The van der Waals surface area contributed by atoms with Gasteiger partial charge in [-0.3, -0.25) is 9.97 Å². The molecule has 0 atom stereocenters. The number of aromatic nitrogens is 2. The second-order valence-electron chi connectivity index (χ2n) is 13.7. The fraction of sp³-hybridized carbons (Fsp3) is 0.190. The molecule has 224 valence electrons. The lowest BCUT2D eigenvalue weighted by Crippen LogP contribution is -2.11. The highest BCUT2D eigenvalue weighted by Gasteiger charge is 2.18. The van der Waals surface area contributed by atoms with E-state index in [2.05, 4.69) is 151 Å². The van der Waals surface area contributed by atoms with E-state index < -0.39 is 0 Å². The van der Waals surface area contributed by atoms with E-state index in [1.807, 2.05) is 24.5 Å². The fourth-order valence-corrected chi connectivity index (χ4v) is 5.45. The van der Waals surface area contributed by atoms with Crippen LogP contribution in [-0.4, -0.2) is 9.97 Å². The smallest absolute Gasteiger partial charge is 0.128 e. The first-order valence-corrected chi connectivity index (χ1v) is 15.6. The van der Waals surface area contributed by atoms with E-state index in [-0.39, 0.29) is 10.8 Å². The van der Waals surface area contributed by atoms with Gasteiger partial charge in [0.25, 0.3) is 0 Å². The van der Waals surface area contributed by atoms with Gasteiger partial charge in [0.15, 0.2) is 0 Å². The lowest BCUT2D eigenvalue weighted by Gasteiger charge is -2.20. The molecule has 0 saturated heterocycles. The maximum atomic E-state index is 6.77. The molecule has 0 aliphatic carbocycles. The van der Waals surface area contributed by atoms with Gasteiger partial charge in [0.2, 0.25) is 0 Å². The van der Waals surface area contributed by atoms with Gasteiger partial charge < -0.3 is 4.74 Å². The number of pyridine rings is 2. The standard InChI is InChI=1S/C42H40N2O/c1-41(2,3)35-17-19-43-39(27-35)33-21-31(29-13-9-7-10-14-29)23-37(25-33)45-38-24-32(30-15-11-8-12-16-30)22-34(26-38)40-28-36(18-20-44-40)42(4,5)6/h7-28H,1-6H3. The highest BCUT2D eigenvalue weighted by atomic mass is 16.5. The molecule has 0 unspecified atom stereocenters. The van der Waals surface area contributed by atoms with Crippen LogP contribution in [0.3, 0.4) is 0 Å². The second kappa shape index (κ2) is 12.2.